The monoisotopic (exact) mass is 414 g/mol. The van der Waals surface area contributed by atoms with Crippen LogP contribution in [-0.4, -0.2) is 28.1 Å². The average Bonchev–Trinajstić information content (AvgIpc) is 2.69. The van der Waals surface area contributed by atoms with Gasteiger partial charge in [-0.1, -0.05) is 31.0 Å². The van der Waals surface area contributed by atoms with Crippen molar-refractivity contribution in [3.8, 4) is 0 Å². The van der Waals surface area contributed by atoms with E-state index in [1.807, 2.05) is 39.8 Å². The highest BCUT2D eigenvalue weighted by Gasteiger charge is 2.47. The second kappa shape index (κ2) is 9.71. The van der Waals surface area contributed by atoms with Gasteiger partial charge in [-0.15, -0.1) is 0 Å². The molecule has 0 bridgehead atoms. The van der Waals surface area contributed by atoms with Gasteiger partial charge in [-0.25, -0.2) is 4.79 Å². The topological polar surface area (TPSA) is 102 Å². The van der Waals surface area contributed by atoms with E-state index in [9.17, 15) is 20.0 Å². The predicted molar refractivity (Wildman–Crippen MR) is 117 cm³/mol. The lowest BCUT2D eigenvalue weighted by atomic mass is 9.82. The lowest BCUT2D eigenvalue weighted by Crippen LogP contribution is -2.52. The van der Waals surface area contributed by atoms with Crippen LogP contribution in [0.2, 0.25) is 0 Å². The number of hydrogen-bond donors (Lipinski definition) is 2. The number of nitrogens with one attached hydrogen (secondary N) is 1. The number of aryl methyl sites for hydroxylation is 3. The summed E-state index contributed by atoms with van der Waals surface area (Å²) in [6.45, 7) is 9.71. The maximum absolute atomic E-state index is 13.2. The van der Waals surface area contributed by atoms with E-state index >= 15 is 0 Å². The number of rotatable bonds is 9. The highest BCUT2D eigenvalue weighted by Crippen LogP contribution is 2.37. The minimum atomic E-state index is -1.44. The largest absolute Gasteiger partial charge is 0.464 e. The van der Waals surface area contributed by atoms with Gasteiger partial charge in [-0.05, 0) is 62.9 Å². The van der Waals surface area contributed by atoms with Gasteiger partial charge in [0.1, 0.15) is 6.10 Å². The Bertz CT molecular complexity index is 887. The van der Waals surface area contributed by atoms with Gasteiger partial charge in [0.2, 0.25) is 0 Å². The van der Waals surface area contributed by atoms with Crippen LogP contribution in [0.15, 0.2) is 36.4 Å². The maximum atomic E-state index is 13.2. The van der Waals surface area contributed by atoms with E-state index in [2.05, 4.69) is 5.32 Å². The fraction of sp³-hybridized carbons (Fsp3) is 0.435. The Kier molecular flexibility index (Phi) is 7.56. The molecule has 0 radical (unpaired) electrons. The zero-order chi connectivity index (χ0) is 22.5. The second-order valence-electron chi connectivity index (χ2n) is 7.59. The summed E-state index contributed by atoms with van der Waals surface area (Å²) in [6.07, 6.45) is -0.339. The summed E-state index contributed by atoms with van der Waals surface area (Å²) in [5, 5.41) is 25.6. The minimum Gasteiger partial charge on any atom is -0.464 e. The summed E-state index contributed by atoms with van der Waals surface area (Å²) in [5.74, 6) is -0.558. The van der Waals surface area contributed by atoms with Crippen LogP contribution in [-0.2, 0) is 9.53 Å². The number of nitro groups is 1. The number of nitro benzene ring substituents is 1. The number of non-ortho nitro benzene ring substituents is 1. The number of hydrogen-bond acceptors (Lipinski definition) is 6. The van der Waals surface area contributed by atoms with E-state index in [1.165, 1.54) is 24.3 Å². The molecule has 0 unspecified atom stereocenters. The molecule has 2 aromatic carbocycles. The molecule has 2 atom stereocenters. The van der Waals surface area contributed by atoms with Crippen molar-refractivity contribution >= 4 is 17.3 Å². The van der Waals surface area contributed by atoms with Crippen LogP contribution in [0, 0.1) is 30.9 Å². The van der Waals surface area contributed by atoms with Gasteiger partial charge >= 0.3 is 5.97 Å². The van der Waals surface area contributed by atoms with E-state index in [0.717, 1.165) is 22.4 Å². The van der Waals surface area contributed by atoms with Crippen molar-refractivity contribution in [1.82, 2.24) is 0 Å². The molecule has 0 saturated heterocycles. The van der Waals surface area contributed by atoms with Crippen LogP contribution >= 0.6 is 0 Å². The molecule has 0 aliphatic carbocycles. The summed E-state index contributed by atoms with van der Waals surface area (Å²) in [5.41, 5.74) is 2.65. The van der Waals surface area contributed by atoms with Gasteiger partial charge in [0, 0.05) is 17.8 Å². The Morgan fingerprint density at radius 1 is 1.17 bits per heavy atom. The summed E-state index contributed by atoms with van der Waals surface area (Å²) in [7, 11) is 0. The fourth-order valence-electron chi connectivity index (χ4n) is 3.85. The van der Waals surface area contributed by atoms with E-state index in [-0.39, 0.29) is 12.3 Å². The lowest BCUT2D eigenvalue weighted by Gasteiger charge is -2.38. The van der Waals surface area contributed by atoms with Crippen LogP contribution in [0.5, 0.6) is 0 Å². The molecule has 2 aromatic rings. The van der Waals surface area contributed by atoms with Crippen LogP contribution in [0.1, 0.15) is 55.0 Å². The molecule has 2 N–H and O–H groups in total. The Morgan fingerprint density at radius 2 is 1.73 bits per heavy atom. The van der Waals surface area contributed by atoms with E-state index in [1.54, 1.807) is 6.92 Å². The molecular formula is C23H30N2O5. The first kappa shape index (κ1) is 23.3. The fourth-order valence-corrected chi connectivity index (χ4v) is 3.85. The van der Waals surface area contributed by atoms with Crippen molar-refractivity contribution in [2.45, 2.75) is 59.1 Å². The second-order valence-corrected chi connectivity index (χ2v) is 7.59. The van der Waals surface area contributed by atoms with Crippen LogP contribution in [0.3, 0.4) is 0 Å². The number of carbonyl (C=O) groups is 1. The minimum absolute atomic E-state index is 0.0821. The molecule has 0 amide bonds. The molecule has 0 fully saturated rings. The van der Waals surface area contributed by atoms with Crippen molar-refractivity contribution in [3.63, 3.8) is 0 Å². The maximum Gasteiger partial charge on any atom is 0.334 e. The molecule has 162 valence electrons. The molecule has 2 rings (SSSR count). The van der Waals surface area contributed by atoms with Gasteiger partial charge in [0.05, 0.1) is 11.5 Å². The molecule has 0 aliphatic heterocycles. The first-order valence-electron chi connectivity index (χ1n) is 10.1. The molecule has 0 aliphatic rings. The Hall–Kier alpha value is -2.93. The van der Waals surface area contributed by atoms with E-state index < -0.39 is 22.5 Å². The van der Waals surface area contributed by atoms with Gasteiger partial charge in [0.25, 0.3) is 5.69 Å². The summed E-state index contributed by atoms with van der Waals surface area (Å²) >= 11 is 0. The third-order valence-corrected chi connectivity index (χ3v) is 5.20. The van der Waals surface area contributed by atoms with Crippen LogP contribution in [0.4, 0.5) is 11.4 Å². The molecule has 30 heavy (non-hydrogen) atoms. The Balaban J connectivity index is 2.60. The molecule has 7 heteroatoms. The van der Waals surface area contributed by atoms with Crippen LogP contribution in [0.25, 0.3) is 0 Å². The number of nitrogens with zero attached hydrogens (tertiary/aromatic N) is 1. The van der Waals surface area contributed by atoms with Crippen LogP contribution < -0.4 is 5.32 Å². The number of aliphatic hydroxyl groups is 1. The smallest absolute Gasteiger partial charge is 0.334 e. The van der Waals surface area contributed by atoms with E-state index in [0.29, 0.717) is 18.4 Å². The number of ether oxygens (including phenoxy) is 1. The molecule has 7 nitrogen and oxygen atoms in total. The number of carbonyl (C=O) groups excluding carboxylic acids is 1. The average molecular weight is 415 g/mol. The molecule has 0 spiro atoms. The Labute approximate surface area is 177 Å². The van der Waals surface area contributed by atoms with Gasteiger partial charge in [-0.3, -0.25) is 10.1 Å². The lowest BCUT2D eigenvalue weighted by molar-refractivity contribution is -0.384. The van der Waals surface area contributed by atoms with Gasteiger partial charge in [0.15, 0.2) is 5.54 Å². The quantitative estimate of drug-likeness (QED) is 0.348. The zero-order valence-electron chi connectivity index (χ0n) is 18.2. The summed E-state index contributed by atoms with van der Waals surface area (Å²) in [6, 6.07) is 9.61. The number of aliphatic hydroxyl groups excluding tert-OH is 1. The van der Waals surface area contributed by atoms with Crippen molar-refractivity contribution < 1.29 is 19.6 Å². The molecular weight excluding hydrogens is 384 g/mol. The molecule has 0 aromatic heterocycles. The summed E-state index contributed by atoms with van der Waals surface area (Å²) in [4.78, 5) is 23.7. The van der Waals surface area contributed by atoms with Gasteiger partial charge in [-0.2, -0.15) is 0 Å². The van der Waals surface area contributed by atoms with Crippen molar-refractivity contribution in [3.05, 3.63) is 68.8 Å². The zero-order valence-corrected chi connectivity index (χ0v) is 18.2. The highest BCUT2D eigenvalue weighted by molar-refractivity contribution is 5.86. The van der Waals surface area contributed by atoms with Gasteiger partial charge < -0.3 is 15.2 Å². The first-order valence-corrected chi connectivity index (χ1v) is 10.1. The number of anilines is 1. The normalized spacial score (nSPS) is 13.9. The standard InChI is InChI=1S/C23H30N2O5/c1-6-12-23(22(27)30-7-2,24-20-16(4)13-15(3)14-17(20)5)21(26)18-8-10-19(11-9-18)25(28)29/h8-11,13-14,21,24,26H,6-7,12H2,1-5H3/t21-,23-/m1/s1. The van der Waals surface area contributed by atoms with Crippen molar-refractivity contribution in [2.24, 2.45) is 0 Å². The van der Waals surface area contributed by atoms with Crippen molar-refractivity contribution in [2.75, 3.05) is 11.9 Å². The predicted octanol–water partition coefficient (Wildman–Crippen LogP) is 4.77. The number of esters is 1. The molecule has 0 saturated carbocycles. The summed E-state index contributed by atoms with van der Waals surface area (Å²) < 4.78 is 5.37. The SMILES string of the molecule is CCC[C@](Nc1c(C)cc(C)cc1C)(C(=O)OCC)[C@H](O)c1ccc([N+](=O)[O-])cc1. The first-order chi connectivity index (χ1) is 14.2. The highest BCUT2D eigenvalue weighted by atomic mass is 16.6. The third kappa shape index (κ3) is 4.79. The van der Waals surface area contributed by atoms with Crippen molar-refractivity contribution in [1.29, 1.82) is 0 Å². The molecule has 0 heterocycles. The van der Waals surface area contributed by atoms with E-state index in [4.69, 9.17) is 4.74 Å². The third-order valence-electron chi connectivity index (χ3n) is 5.20. The Morgan fingerprint density at radius 3 is 2.20 bits per heavy atom. The number of benzene rings is 2.